The largest absolute Gasteiger partial charge is 0.375 e. The molecule has 0 spiro atoms. The quantitative estimate of drug-likeness (QED) is 0.608. The summed E-state index contributed by atoms with van der Waals surface area (Å²) in [5, 5.41) is 1.83. The summed E-state index contributed by atoms with van der Waals surface area (Å²) < 4.78 is 0. The van der Waals surface area contributed by atoms with Crippen LogP contribution in [0, 0.1) is 0 Å². The Kier molecular flexibility index (Phi) is 5.58. The number of rotatable bonds is 5. The van der Waals surface area contributed by atoms with Crippen molar-refractivity contribution in [1.29, 1.82) is 0 Å². The Balaban J connectivity index is 1.87. The Labute approximate surface area is 163 Å². The van der Waals surface area contributed by atoms with Gasteiger partial charge in [-0.15, -0.1) is 0 Å². The molecule has 1 aliphatic heterocycles. The molecule has 0 bridgehead atoms. The average molecular weight is 389 g/mol. The molecule has 3 N–H and O–H groups in total. The van der Waals surface area contributed by atoms with E-state index in [1.807, 2.05) is 36.4 Å². The molecule has 2 aromatic carbocycles. The average Bonchev–Trinajstić information content (AvgIpc) is 2.58. The first-order chi connectivity index (χ1) is 12.5. The third kappa shape index (κ3) is 3.59. The lowest BCUT2D eigenvalue weighted by atomic mass is 9.72. The van der Waals surface area contributed by atoms with E-state index in [4.69, 9.17) is 29.6 Å². The van der Waals surface area contributed by atoms with Gasteiger partial charge in [0.15, 0.2) is 5.11 Å². The number of amides is 1. The van der Waals surface area contributed by atoms with Crippen molar-refractivity contribution < 1.29 is 4.79 Å². The van der Waals surface area contributed by atoms with Crippen molar-refractivity contribution in [1.82, 2.24) is 15.3 Å². The van der Waals surface area contributed by atoms with E-state index in [9.17, 15) is 4.79 Å². The van der Waals surface area contributed by atoms with Gasteiger partial charge < -0.3 is 5.73 Å². The van der Waals surface area contributed by atoms with Gasteiger partial charge in [0.2, 0.25) is 0 Å². The number of hydrogen-bond acceptors (Lipinski definition) is 4. The maximum Gasteiger partial charge on any atom is 0.256 e. The fraction of sp³-hybridized carbons (Fsp3) is 0.263. The van der Waals surface area contributed by atoms with Gasteiger partial charge in [-0.1, -0.05) is 54.1 Å². The van der Waals surface area contributed by atoms with E-state index in [1.54, 1.807) is 13.1 Å². The summed E-state index contributed by atoms with van der Waals surface area (Å²) in [5.74, 6) is -0.168. The standard InChI is InChI=1S/C19H21ClN4OS/c1-22-24(18(21)26)17(25)19(15-8-5-9-16(20)10-15)12-23(13-19)11-14-6-3-2-4-7-14/h2-10,22H,11-13H2,1H3,(H2,21,26). The first-order valence-electron chi connectivity index (χ1n) is 8.30. The molecule has 1 amide bonds. The van der Waals surface area contributed by atoms with Gasteiger partial charge in [-0.05, 0) is 35.5 Å². The van der Waals surface area contributed by atoms with Gasteiger partial charge in [0, 0.05) is 31.7 Å². The van der Waals surface area contributed by atoms with E-state index in [-0.39, 0.29) is 11.0 Å². The summed E-state index contributed by atoms with van der Waals surface area (Å²) in [6.07, 6.45) is 0. The number of nitrogens with one attached hydrogen (secondary N) is 1. The number of carbonyl (C=O) groups excluding carboxylic acids is 1. The number of likely N-dealkylation sites (tertiary alicyclic amines) is 1. The monoisotopic (exact) mass is 388 g/mol. The second-order valence-corrected chi connectivity index (χ2v) is 7.28. The smallest absolute Gasteiger partial charge is 0.256 e. The third-order valence-corrected chi connectivity index (χ3v) is 5.09. The zero-order valence-electron chi connectivity index (χ0n) is 14.5. The predicted molar refractivity (Wildman–Crippen MR) is 108 cm³/mol. The van der Waals surface area contributed by atoms with Gasteiger partial charge >= 0.3 is 0 Å². The zero-order valence-corrected chi connectivity index (χ0v) is 16.1. The zero-order chi connectivity index (χ0) is 18.7. The molecule has 1 aliphatic rings. The lowest BCUT2D eigenvalue weighted by Crippen LogP contribution is -2.68. The number of nitrogens with zero attached hydrogens (tertiary/aromatic N) is 2. The third-order valence-electron chi connectivity index (χ3n) is 4.67. The second kappa shape index (κ2) is 7.72. The highest BCUT2D eigenvalue weighted by atomic mass is 35.5. The van der Waals surface area contributed by atoms with Gasteiger partial charge in [-0.2, -0.15) is 0 Å². The molecular formula is C19H21ClN4OS. The lowest BCUT2D eigenvalue weighted by molar-refractivity contribution is -0.143. The first-order valence-corrected chi connectivity index (χ1v) is 9.08. The number of carbonyl (C=O) groups is 1. The van der Waals surface area contributed by atoms with Gasteiger partial charge in [-0.3, -0.25) is 9.69 Å². The van der Waals surface area contributed by atoms with Crippen LogP contribution in [0.4, 0.5) is 0 Å². The highest BCUT2D eigenvalue weighted by Crippen LogP contribution is 2.38. The molecule has 7 heteroatoms. The molecular weight excluding hydrogens is 368 g/mol. The Hall–Kier alpha value is -1.99. The Morgan fingerprint density at radius 2 is 1.96 bits per heavy atom. The molecule has 1 heterocycles. The number of halogens is 1. The number of hydrogen-bond donors (Lipinski definition) is 2. The van der Waals surface area contributed by atoms with Crippen molar-refractivity contribution >= 4 is 34.8 Å². The van der Waals surface area contributed by atoms with E-state index < -0.39 is 5.41 Å². The van der Waals surface area contributed by atoms with Crippen molar-refractivity contribution in [2.24, 2.45) is 5.73 Å². The summed E-state index contributed by atoms with van der Waals surface area (Å²) in [4.78, 5) is 15.5. The van der Waals surface area contributed by atoms with E-state index in [1.165, 1.54) is 10.6 Å². The van der Waals surface area contributed by atoms with Crippen molar-refractivity contribution in [2.45, 2.75) is 12.0 Å². The van der Waals surface area contributed by atoms with Crippen molar-refractivity contribution in [3.8, 4) is 0 Å². The van der Waals surface area contributed by atoms with Crippen molar-refractivity contribution in [3.63, 3.8) is 0 Å². The Morgan fingerprint density at radius 3 is 2.54 bits per heavy atom. The van der Waals surface area contributed by atoms with E-state index in [0.29, 0.717) is 18.1 Å². The molecule has 0 saturated carbocycles. The van der Waals surface area contributed by atoms with Gasteiger partial charge in [0.05, 0.1) is 0 Å². The van der Waals surface area contributed by atoms with E-state index in [0.717, 1.165) is 12.1 Å². The summed E-state index contributed by atoms with van der Waals surface area (Å²) in [5.41, 5.74) is 9.86. The first kappa shape index (κ1) is 18.8. The lowest BCUT2D eigenvalue weighted by Gasteiger charge is -2.50. The fourth-order valence-electron chi connectivity index (χ4n) is 3.42. The summed E-state index contributed by atoms with van der Waals surface area (Å²) in [6, 6.07) is 17.6. The summed E-state index contributed by atoms with van der Waals surface area (Å²) in [6.45, 7) is 1.92. The number of benzene rings is 2. The molecule has 0 radical (unpaired) electrons. The van der Waals surface area contributed by atoms with Crippen LogP contribution in [-0.4, -0.2) is 41.1 Å². The summed E-state index contributed by atoms with van der Waals surface area (Å²) >= 11 is 11.2. The SMILES string of the molecule is CNN(C(=O)C1(c2cccc(Cl)c2)CN(Cc2ccccc2)C1)C(N)=S. The molecule has 0 unspecified atom stereocenters. The van der Waals surface area contributed by atoms with Gasteiger partial charge in [-0.25, -0.2) is 10.4 Å². The van der Waals surface area contributed by atoms with Crippen LogP contribution in [-0.2, 0) is 16.8 Å². The number of thiocarbonyl (C=S) groups is 1. The highest BCUT2D eigenvalue weighted by Gasteiger charge is 2.52. The minimum absolute atomic E-state index is 0.000382. The molecule has 5 nitrogen and oxygen atoms in total. The fourth-order valence-corrected chi connectivity index (χ4v) is 3.79. The number of nitrogens with two attached hydrogens (primary N) is 1. The van der Waals surface area contributed by atoms with Gasteiger partial charge in [0.1, 0.15) is 5.41 Å². The summed E-state index contributed by atoms with van der Waals surface area (Å²) in [7, 11) is 1.63. The normalized spacial score (nSPS) is 15.9. The molecule has 136 valence electrons. The molecule has 1 fully saturated rings. The predicted octanol–water partition coefficient (Wildman–Crippen LogP) is 2.30. The van der Waals surface area contributed by atoms with E-state index in [2.05, 4.69) is 22.5 Å². The van der Waals surface area contributed by atoms with Crippen molar-refractivity contribution in [2.75, 3.05) is 20.1 Å². The van der Waals surface area contributed by atoms with Crippen LogP contribution < -0.4 is 11.2 Å². The minimum atomic E-state index is -0.730. The van der Waals surface area contributed by atoms with Crippen LogP contribution in [0.25, 0.3) is 0 Å². The Bertz CT molecular complexity index is 808. The molecule has 26 heavy (non-hydrogen) atoms. The maximum absolute atomic E-state index is 13.3. The van der Waals surface area contributed by atoms with Crippen molar-refractivity contribution in [3.05, 3.63) is 70.7 Å². The maximum atomic E-state index is 13.3. The van der Waals surface area contributed by atoms with Crippen LogP contribution >= 0.6 is 23.8 Å². The molecule has 3 rings (SSSR count). The molecule has 0 atom stereocenters. The highest BCUT2D eigenvalue weighted by molar-refractivity contribution is 7.80. The molecule has 2 aromatic rings. The van der Waals surface area contributed by atoms with Gasteiger partial charge in [0.25, 0.3) is 5.91 Å². The molecule has 0 aromatic heterocycles. The minimum Gasteiger partial charge on any atom is -0.375 e. The molecule has 1 saturated heterocycles. The van der Waals surface area contributed by atoms with Crippen LogP contribution in [0.3, 0.4) is 0 Å². The number of hydrazine groups is 1. The van der Waals surface area contributed by atoms with Crippen LogP contribution in [0.2, 0.25) is 5.02 Å². The van der Waals surface area contributed by atoms with Crippen LogP contribution in [0.1, 0.15) is 11.1 Å². The topological polar surface area (TPSA) is 61.6 Å². The van der Waals surface area contributed by atoms with Crippen LogP contribution in [0.5, 0.6) is 0 Å². The van der Waals surface area contributed by atoms with Crippen LogP contribution in [0.15, 0.2) is 54.6 Å². The Morgan fingerprint density at radius 1 is 1.27 bits per heavy atom. The second-order valence-electron chi connectivity index (χ2n) is 6.43. The van der Waals surface area contributed by atoms with E-state index >= 15 is 0 Å². The molecule has 0 aliphatic carbocycles.